The lowest BCUT2D eigenvalue weighted by Gasteiger charge is -2.29. The number of nitro groups is 1. The van der Waals surface area contributed by atoms with Gasteiger partial charge >= 0.3 is 0 Å². The molecule has 11 heteroatoms. The van der Waals surface area contributed by atoms with E-state index < -0.39 is 14.9 Å². The van der Waals surface area contributed by atoms with Gasteiger partial charge in [0.25, 0.3) is 5.69 Å². The molecular weight excluding hydrogens is 532 g/mol. The second-order valence-electron chi connectivity index (χ2n) is 10.1. The smallest absolute Gasteiger partial charge is 0.293 e. The topological polar surface area (TPSA) is 151 Å². The Balaban J connectivity index is 1.34. The molecule has 1 amide bonds. The second kappa shape index (κ2) is 13.0. The lowest BCUT2D eigenvalue weighted by atomic mass is 9.85. The fraction of sp³-hybridized carbons (Fsp3) is 0.345. The zero-order chi connectivity index (χ0) is 28.7. The molecule has 1 atom stereocenters. The highest BCUT2D eigenvalue weighted by atomic mass is 32.2. The molecule has 4 rings (SSSR count). The number of nitrogens with zero attached hydrogens (tertiary/aromatic N) is 1. The molecule has 0 unspecified atom stereocenters. The van der Waals surface area contributed by atoms with E-state index in [1.807, 2.05) is 37.3 Å². The maximum absolute atomic E-state index is 13.1. The van der Waals surface area contributed by atoms with Gasteiger partial charge in [-0.2, -0.15) is 0 Å². The number of hydrogen-bond acceptors (Lipinski definition) is 7. The van der Waals surface area contributed by atoms with Crippen LogP contribution in [0.4, 0.5) is 11.4 Å². The summed E-state index contributed by atoms with van der Waals surface area (Å²) in [5.74, 6) is -0.237. The summed E-state index contributed by atoms with van der Waals surface area (Å²) < 4.78 is 28.8. The third-order valence-corrected chi connectivity index (χ3v) is 8.76. The fourth-order valence-electron chi connectivity index (χ4n) is 4.86. The van der Waals surface area contributed by atoms with Crippen LogP contribution in [0.3, 0.4) is 0 Å². The van der Waals surface area contributed by atoms with Gasteiger partial charge in [0.2, 0.25) is 15.9 Å². The molecule has 10 nitrogen and oxygen atoms in total. The Labute approximate surface area is 234 Å². The number of aliphatic hydroxyl groups excluding tert-OH is 1. The van der Waals surface area contributed by atoms with E-state index in [0.29, 0.717) is 25.7 Å². The van der Waals surface area contributed by atoms with E-state index in [-0.39, 0.29) is 53.3 Å². The van der Waals surface area contributed by atoms with Crippen LogP contribution in [0.2, 0.25) is 0 Å². The average molecular weight is 567 g/mol. The third-order valence-electron chi connectivity index (χ3n) is 7.24. The number of nitro benzene ring substituents is 1. The van der Waals surface area contributed by atoms with Crippen molar-refractivity contribution >= 4 is 27.3 Å². The molecule has 0 radical (unpaired) electrons. The Morgan fingerprint density at radius 1 is 1.00 bits per heavy atom. The number of amides is 1. The van der Waals surface area contributed by atoms with Gasteiger partial charge < -0.3 is 15.7 Å². The van der Waals surface area contributed by atoms with E-state index in [1.165, 1.54) is 12.1 Å². The molecule has 4 N–H and O–H groups in total. The van der Waals surface area contributed by atoms with Gasteiger partial charge in [0.05, 0.1) is 22.5 Å². The molecule has 0 saturated heterocycles. The van der Waals surface area contributed by atoms with E-state index in [0.717, 1.165) is 22.8 Å². The van der Waals surface area contributed by atoms with E-state index in [9.17, 15) is 23.3 Å². The predicted molar refractivity (Wildman–Crippen MR) is 152 cm³/mol. The van der Waals surface area contributed by atoms with Gasteiger partial charge in [0, 0.05) is 24.6 Å². The number of hydrogen-bond donors (Lipinski definition) is 4. The maximum atomic E-state index is 13.1. The van der Waals surface area contributed by atoms with Crippen LogP contribution in [0.15, 0.2) is 77.7 Å². The number of carbonyl (C=O) groups excluding carboxylic acids is 1. The normalized spacial score (nSPS) is 18.1. The van der Waals surface area contributed by atoms with Gasteiger partial charge in [-0.3, -0.25) is 14.9 Å². The first-order valence-corrected chi connectivity index (χ1v) is 14.7. The molecule has 1 aliphatic rings. The standard InChI is InChI=1S/C29H34N4O6S/c1-20(23-5-3-2-4-6-23)31-29(35)24-11-13-25(14-12-24)32-40(38,39)26-15-16-27(28(17-26)33(36)37)30-18-21-7-9-22(19-34)10-8-21/h2-10,15-17,20,24-25,30,32,34H,11-14,18-19H2,1H3,(H,31,35)/t20-,24-,25-/m1/s1. The molecule has 212 valence electrons. The van der Waals surface area contributed by atoms with Crippen molar-refractivity contribution in [1.29, 1.82) is 0 Å². The third kappa shape index (κ3) is 7.44. The van der Waals surface area contributed by atoms with Gasteiger partial charge in [0.1, 0.15) is 5.69 Å². The summed E-state index contributed by atoms with van der Waals surface area (Å²) in [5, 5.41) is 26.9. The number of aliphatic hydroxyl groups is 1. The largest absolute Gasteiger partial charge is 0.392 e. The van der Waals surface area contributed by atoms with Crippen LogP contribution in [0.25, 0.3) is 0 Å². The van der Waals surface area contributed by atoms with E-state index >= 15 is 0 Å². The molecule has 3 aromatic carbocycles. The highest BCUT2D eigenvalue weighted by Crippen LogP contribution is 2.30. The lowest BCUT2D eigenvalue weighted by Crippen LogP contribution is -2.41. The monoisotopic (exact) mass is 566 g/mol. The average Bonchev–Trinajstić information content (AvgIpc) is 2.96. The second-order valence-corrected chi connectivity index (χ2v) is 11.8. The molecule has 0 bridgehead atoms. The van der Waals surface area contributed by atoms with Crippen molar-refractivity contribution in [2.45, 2.75) is 62.7 Å². The summed E-state index contributed by atoms with van der Waals surface area (Å²) in [6.07, 6.45) is 2.08. The SMILES string of the molecule is C[C@@H](NC(=O)[C@H]1CC[C@H](NS(=O)(=O)c2ccc(NCc3ccc(CO)cc3)c([N+](=O)[O-])c2)CC1)c1ccccc1. The molecule has 1 saturated carbocycles. The van der Waals surface area contributed by atoms with Crippen LogP contribution in [0, 0.1) is 16.0 Å². The van der Waals surface area contributed by atoms with Crippen LogP contribution < -0.4 is 15.4 Å². The van der Waals surface area contributed by atoms with Crippen LogP contribution in [0.1, 0.15) is 55.3 Å². The quantitative estimate of drug-likeness (QED) is 0.198. The summed E-state index contributed by atoms with van der Waals surface area (Å²) in [6, 6.07) is 20.1. The van der Waals surface area contributed by atoms with Crippen molar-refractivity contribution in [1.82, 2.24) is 10.0 Å². The van der Waals surface area contributed by atoms with Gasteiger partial charge in [-0.25, -0.2) is 13.1 Å². The number of benzene rings is 3. The van der Waals surface area contributed by atoms with Crippen LogP contribution >= 0.6 is 0 Å². The molecule has 0 spiro atoms. The zero-order valence-electron chi connectivity index (χ0n) is 22.2. The number of rotatable bonds is 11. The highest BCUT2D eigenvalue weighted by Gasteiger charge is 2.30. The maximum Gasteiger partial charge on any atom is 0.293 e. The summed E-state index contributed by atoms with van der Waals surface area (Å²) >= 11 is 0. The predicted octanol–water partition coefficient (Wildman–Crippen LogP) is 4.41. The van der Waals surface area contributed by atoms with Crippen LogP contribution in [-0.4, -0.2) is 30.4 Å². The van der Waals surface area contributed by atoms with E-state index in [1.54, 1.807) is 24.3 Å². The summed E-state index contributed by atoms with van der Waals surface area (Å²) in [7, 11) is -4.01. The van der Waals surface area contributed by atoms with E-state index in [2.05, 4.69) is 15.4 Å². The molecule has 1 fully saturated rings. The van der Waals surface area contributed by atoms with Crippen molar-refractivity contribution in [3.8, 4) is 0 Å². The van der Waals surface area contributed by atoms with Crippen molar-refractivity contribution in [3.05, 3.63) is 99.6 Å². The van der Waals surface area contributed by atoms with Gasteiger partial charge in [-0.15, -0.1) is 0 Å². The number of sulfonamides is 1. The number of carbonyl (C=O) groups is 1. The van der Waals surface area contributed by atoms with Gasteiger partial charge in [-0.1, -0.05) is 54.6 Å². The fourth-order valence-corrected chi connectivity index (χ4v) is 6.18. The number of nitrogens with one attached hydrogen (secondary N) is 3. The number of anilines is 1. The van der Waals surface area contributed by atoms with Crippen molar-refractivity contribution in [3.63, 3.8) is 0 Å². The zero-order valence-corrected chi connectivity index (χ0v) is 23.1. The molecule has 0 aliphatic heterocycles. The molecule has 3 aromatic rings. The van der Waals surface area contributed by atoms with Crippen LogP contribution in [-0.2, 0) is 28.0 Å². The first-order chi connectivity index (χ1) is 19.2. The Bertz CT molecular complexity index is 1420. The molecule has 1 aliphatic carbocycles. The van der Waals surface area contributed by atoms with Crippen molar-refractivity contribution in [2.24, 2.45) is 5.92 Å². The minimum Gasteiger partial charge on any atom is -0.392 e. The minimum atomic E-state index is -4.01. The Morgan fingerprint density at radius 2 is 1.65 bits per heavy atom. The minimum absolute atomic E-state index is 0.0410. The Hall–Kier alpha value is -3.80. The van der Waals surface area contributed by atoms with Crippen molar-refractivity contribution < 1.29 is 23.2 Å². The summed E-state index contributed by atoms with van der Waals surface area (Å²) in [4.78, 5) is 23.7. The molecule has 40 heavy (non-hydrogen) atoms. The first-order valence-electron chi connectivity index (χ1n) is 13.2. The van der Waals surface area contributed by atoms with Crippen molar-refractivity contribution in [2.75, 3.05) is 5.32 Å². The summed E-state index contributed by atoms with van der Waals surface area (Å²) in [5.41, 5.74) is 2.48. The molecule has 0 aromatic heterocycles. The van der Waals surface area contributed by atoms with Gasteiger partial charge in [0.15, 0.2) is 0 Å². The summed E-state index contributed by atoms with van der Waals surface area (Å²) in [6.45, 7) is 2.15. The Kier molecular flexibility index (Phi) is 9.51. The molecular formula is C29H34N4O6S. The Morgan fingerprint density at radius 3 is 2.27 bits per heavy atom. The van der Waals surface area contributed by atoms with E-state index in [4.69, 9.17) is 5.11 Å². The van der Waals surface area contributed by atoms with Crippen LogP contribution in [0.5, 0.6) is 0 Å². The molecule has 0 heterocycles. The first kappa shape index (κ1) is 29.2. The highest BCUT2D eigenvalue weighted by molar-refractivity contribution is 7.89. The lowest BCUT2D eigenvalue weighted by molar-refractivity contribution is -0.384. The van der Waals surface area contributed by atoms with Gasteiger partial charge in [-0.05, 0) is 61.4 Å².